The molecule has 0 aliphatic carbocycles. The smallest absolute Gasteiger partial charge is 0.0435 e. The van der Waals surface area contributed by atoms with E-state index in [0.29, 0.717) is 0 Å². The van der Waals surface area contributed by atoms with Crippen LogP contribution in [0.2, 0.25) is 5.02 Å². The lowest BCUT2D eigenvalue weighted by Crippen LogP contribution is -2.10. The number of hydrogen-bond donors (Lipinski definition) is 0. The van der Waals surface area contributed by atoms with Crippen molar-refractivity contribution in [1.29, 1.82) is 0 Å². The fraction of sp³-hybridized carbons (Fsp3) is 0.538. The highest BCUT2D eigenvalue weighted by molar-refractivity contribution is 6.31. The van der Waals surface area contributed by atoms with E-state index in [4.69, 9.17) is 11.6 Å². The maximum atomic E-state index is 5.93. The van der Waals surface area contributed by atoms with E-state index in [2.05, 4.69) is 32.9 Å². The Balaban J connectivity index is 0.000000791. The first-order valence-electron chi connectivity index (χ1n) is 5.18. The van der Waals surface area contributed by atoms with Crippen LogP contribution in [0.5, 0.6) is 0 Å². The van der Waals surface area contributed by atoms with Crippen LogP contribution in [0.3, 0.4) is 0 Å². The summed E-state index contributed by atoms with van der Waals surface area (Å²) < 4.78 is 0. The third kappa shape index (κ3) is 3.71. The summed E-state index contributed by atoms with van der Waals surface area (Å²) in [6, 6.07) is 6.22. The molecule has 1 aromatic carbocycles. The second kappa shape index (κ2) is 5.41. The first kappa shape index (κ1) is 13.5. The minimum Gasteiger partial charge on any atom is -0.0841 e. The van der Waals surface area contributed by atoms with Gasteiger partial charge in [0.05, 0.1) is 0 Å². The summed E-state index contributed by atoms with van der Waals surface area (Å²) in [5.41, 5.74) is 2.71. The van der Waals surface area contributed by atoms with E-state index in [9.17, 15) is 0 Å². The van der Waals surface area contributed by atoms with E-state index in [1.807, 2.05) is 26.8 Å². The van der Waals surface area contributed by atoms with Gasteiger partial charge in [-0.2, -0.15) is 0 Å². The zero-order valence-electron chi connectivity index (χ0n) is 10.1. The number of aryl methyl sites for hydroxylation is 1. The molecule has 1 heteroatoms. The van der Waals surface area contributed by atoms with Crippen molar-refractivity contribution in [3.63, 3.8) is 0 Å². The van der Waals surface area contributed by atoms with Crippen molar-refractivity contribution in [2.45, 2.75) is 47.0 Å². The molecule has 0 nitrogen and oxygen atoms in total. The normalized spacial score (nSPS) is 10.5. The molecule has 0 spiro atoms. The number of rotatable bonds is 0. The molecule has 0 atom stereocenters. The van der Waals surface area contributed by atoms with Gasteiger partial charge in [-0.05, 0) is 29.5 Å². The Bertz CT molecular complexity index is 282. The molecular weight excluding hydrogens is 192 g/mol. The van der Waals surface area contributed by atoms with E-state index in [1.54, 1.807) is 0 Å². The molecule has 1 rings (SSSR count). The second-order valence-corrected chi connectivity index (χ2v) is 4.62. The number of benzene rings is 1. The molecule has 0 heterocycles. The highest BCUT2D eigenvalue weighted by Gasteiger charge is 2.13. The van der Waals surface area contributed by atoms with Crippen LogP contribution in [0.15, 0.2) is 18.2 Å². The Morgan fingerprint density at radius 3 is 1.93 bits per heavy atom. The molecule has 0 aliphatic heterocycles. The van der Waals surface area contributed by atoms with Crippen molar-refractivity contribution in [1.82, 2.24) is 0 Å². The molecule has 0 aliphatic rings. The van der Waals surface area contributed by atoms with E-state index in [0.717, 1.165) is 10.6 Å². The maximum Gasteiger partial charge on any atom is 0.0435 e. The van der Waals surface area contributed by atoms with Gasteiger partial charge in [-0.25, -0.2) is 0 Å². The van der Waals surface area contributed by atoms with Gasteiger partial charge < -0.3 is 0 Å². The summed E-state index contributed by atoms with van der Waals surface area (Å²) in [6.07, 6.45) is 0. The zero-order valence-corrected chi connectivity index (χ0v) is 10.9. The van der Waals surface area contributed by atoms with Gasteiger partial charge in [-0.1, -0.05) is 58.4 Å². The molecule has 1 aromatic rings. The fourth-order valence-electron chi connectivity index (χ4n) is 1.11. The van der Waals surface area contributed by atoms with Gasteiger partial charge >= 0.3 is 0 Å². The molecule has 0 unspecified atom stereocenters. The molecular formula is C13H21Cl. The molecule has 0 aromatic heterocycles. The van der Waals surface area contributed by atoms with Crippen molar-refractivity contribution in [2.24, 2.45) is 0 Å². The molecule has 0 saturated heterocycles. The summed E-state index contributed by atoms with van der Waals surface area (Å²) in [6.45, 7) is 12.7. The van der Waals surface area contributed by atoms with Gasteiger partial charge in [0.1, 0.15) is 0 Å². The first-order chi connectivity index (χ1) is 6.41. The van der Waals surface area contributed by atoms with Crippen molar-refractivity contribution in [3.05, 3.63) is 34.3 Å². The second-order valence-electron chi connectivity index (χ2n) is 4.21. The third-order valence-electron chi connectivity index (χ3n) is 2.02. The highest BCUT2D eigenvalue weighted by Crippen LogP contribution is 2.25. The molecule has 0 radical (unpaired) electrons. The maximum absolute atomic E-state index is 5.93. The SMILES string of the molecule is CC.Cc1cc(C(C)(C)C)ccc1Cl. The Hall–Kier alpha value is -0.490. The largest absolute Gasteiger partial charge is 0.0841 e. The lowest BCUT2D eigenvalue weighted by molar-refractivity contribution is 0.590. The predicted molar refractivity (Wildman–Crippen MR) is 66.2 cm³/mol. The van der Waals surface area contributed by atoms with Crippen LogP contribution < -0.4 is 0 Å². The van der Waals surface area contributed by atoms with Gasteiger partial charge in [-0.15, -0.1) is 0 Å². The van der Waals surface area contributed by atoms with Gasteiger partial charge in [0.25, 0.3) is 0 Å². The average Bonchev–Trinajstić information content (AvgIpc) is 2.11. The molecule has 0 amide bonds. The standard InChI is InChI=1S/C11H15Cl.C2H6/c1-8-7-9(11(2,3)4)5-6-10(8)12;1-2/h5-7H,1-4H3;1-2H3. The van der Waals surface area contributed by atoms with Crippen LogP contribution in [-0.2, 0) is 5.41 Å². The highest BCUT2D eigenvalue weighted by atomic mass is 35.5. The lowest BCUT2D eigenvalue weighted by atomic mass is 9.86. The van der Waals surface area contributed by atoms with Crippen molar-refractivity contribution in [3.8, 4) is 0 Å². The van der Waals surface area contributed by atoms with Gasteiger partial charge in [0, 0.05) is 5.02 Å². The van der Waals surface area contributed by atoms with Gasteiger partial charge in [-0.3, -0.25) is 0 Å². The third-order valence-corrected chi connectivity index (χ3v) is 2.45. The molecule has 14 heavy (non-hydrogen) atoms. The summed E-state index contributed by atoms with van der Waals surface area (Å²) >= 11 is 5.93. The quantitative estimate of drug-likeness (QED) is 0.570. The molecule has 80 valence electrons. The molecule has 0 N–H and O–H groups in total. The van der Waals surface area contributed by atoms with Crippen molar-refractivity contribution >= 4 is 11.6 Å². The first-order valence-corrected chi connectivity index (χ1v) is 5.55. The summed E-state index contributed by atoms with van der Waals surface area (Å²) in [7, 11) is 0. The van der Waals surface area contributed by atoms with Gasteiger partial charge in [0.15, 0.2) is 0 Å². The van der Waals surface area contributed by atoms with Crippen LogP contribution in [0, 0.1) is 6.92 Å². The minimum absolute atomic E-state index is 0.218. The summed E-state index contributed by atoms with van der Waals surface area (Å²) in [5.74, 6) is 0. The number of halogens is 1. The Morgan fingerprint density at radius 2 is 1.57 bits per heavy atom. The van der Waals surface area contributed by atoms with E-state index >= 15 is 0 Å². The van der Waals surface area contributed by atoms with E-state index < -0.39 is 0 Å². The Morgan fingerprint density at radius 1 is 1.07 bits per heavy atom. The van der Waals surface area contributed by atoms with Crippen LogP contribution in [0.4, 0.5) is 0 Å². The van der Waals surface area contributed by atoms with E-state index in [1.165, 1.54) is 5.56 Å². The van der Waals surface area contributed by atoms with Crippen molar-refractivity contribution in [2.75, 3.05) is 0 Å². The Labute approximate surface area is 93.3 Å². The van der Waals surface area contributed by atoms with Crippen LogP contribution in [0.25, 0.3) is 0 Å². The monoisotopic (exact) mass is 212 g/mol. The van der Waals surface area contributed by atoms with Crippen molar-refractivity contribution < 1.29 is 0 Å². The van der Waals surface area contributed by atoms with E-state index in [-0.39, 0.29) is 5.41 Å². The lowest BCUT2D eigenvalue weighted by Gasteiger charge is -2.19. The topological polar surface area (TPSA) is 0 Å². The van der Waals surface area contributed by atoms with Gasteiger partial charge in [0.2, 0.25) is 0 Å². The predicted octanol–water partition coefficient (Wildman–Crippen LogP) is 4.97. The zero-order chi connectivity index (χ0) is 11.4. The summed E-state index contributed by atoms with van der Waals surface area (Å²) in [5, 5.41) is 0.850. The molecule has 0 saturated carbocycles. The summed E-state index contributed by atoms with van der Waals surface area (Å²) in [4.78, 5) is 0. The van der Waals surface area contributed by atoms with Crippen LogP contribution in [0.1, 0.15) is 45.7 Å². The average molecular weight is 213 g/mol. The Kier molecular flexibility index (Phi) is 5.22. The van der Waals surface area contributed by atoms with Crippen LogP contribution >= 0.6 is 11.6 Å². The molecule has 0 fully saturated rings. The minimum atomic E-state index is 0.218. The molecule has 0 bridgehead atoms. The van der Waals surface area contributed by atoms with Crippen LogP contribution in [-0.4, -0.2) is 0 Å². The number of hydrogen-bond acceptors (Lipinski definition) is 0. The fourth-order valence-corrected chi connectivity index (χ4v) is 1.23.